The van der Waals surface area contributed by atoms with Gasteiger partial charge in [-0.2, -0.15) is 13.2 Å². The van der Waals surface area contributed by atoms with Crippen molar-refractivity contribution < 1.29 is 22.8 Å². The van der Waals surface area contributed by atoms with E-state index in [2.05, 4.69) is 5.32 Å². The highest BCUT2D eigenvalue weighted by Gasteiger charge is 2.46. The number of carbonyl (C=O) groups excluding carboxylic acids is 2. The molecule has 2 aliphatic rings. The highest BCUT2D eigenvalue weighted by molar-refractivity contribution is 6.01. The molecular weight excluding hydrogens is 333 g/mol. The lowest BCUT2D eigenvalue weighted by atomic mass is 9.91. The van der Waals surface area contributed by atoms with Crippen molar-refractivity contribution in [2.24, 2.45) is 11.8 Å². The van der Waals surface area contributed by atoms with Crippen LogP contribution in [0, 0.1) is 18.8 Å². The maximum Gasteiger partial charge on any atom is 0.408 e. The quantitative estimate of drug-likeness (QED) is 0.803. The minimum Gasteiger partial charge on any atom is -0.348 e. The van der Waals surface area contributed by atoms with Gasteiger partial charge in [-0.15, -0.1) is 0 Å². The summed E-state index contributed by atoms with van der Waals surface area (Å²) in [7, 11) is 0. The van der Waals surface area contributed by atoms with Crippen LogP contribution in [0.3, 0.4) is 0 Å². The molecule has 3 rings (SSSR count). The topological polar surface area (TPSA) is 58.2 Å². The van der Waals surface area contributed by atoms with E-state index in [-0.39, 0.29) is 24.8 Å². The molecule has 0 radical (unpaired) electrons. The standard InChI is InChI=1S/C18H21F3N2O2/c1-9-3-4-11-8-10(2)15(13(11)7-9)23-17(25)12-5-6-14(18(19,20)21)22-16(12)24/h3-4,7,10,12,14-15H,5-6,8H2,1-2H3,(H,22,24)(H,23,25). The Morgan fingerprint density at radius 1 is 1.28 bits per heavy atom. The molecule has 2 N–H and O–H groups in total. The molecule has 1 saturated heterocycles. The van der Waals surface area contributed by atoms with Crippen molar-refractivity contribution in [3.05, 3.63) is 34.9 Å². The lowest BCUT2D eigenvalue weighted by molar-refractivity contribution is -0.171. The number of fused-ring (bicyclic) bond motifs is 1. The van der Waals surface area contributed by atoms with Gasteiger partial charge in [0.05, 0.1) is 6.04 Å². The first kappa shape index (κ1) is 17.8. The van der Waals surface area contributed by atoms with E-state index in [1.807, 2.05) is 37.4 Å². The fraction of sp³-hybridized carbons (Fsp3) is 0.556. The summed E-state index contributed by atoms with van der Waals surface area (Å²) in [5.41, 5.74) is 3.27. The van der Waals surface area contributed by atoms with Gasteiger partial charge < -0.3 is 10.6 Å². The van der Waals surface area contributed by atoms with Crippen molar-refractivity contribution in [1.29, 1.82) is 0 Å². The number of amides is 2. The van der Waals surface area contributed by atoms with Gasteiger partial charge in [-0.3, -0.25) is 9.59 Å². The van der Waals surface area contributed by atoms with Gasteiger partial charge in [0.1, 0.15) is 12.0 Å². The predicted octanol–water partition coefficient (Wildman–Crippen LogP) is 2.80. The molecule has 25 heavy (non-hydrogen) atoms. The molecule has 2 amide bonds. The fourth-order valence-electron chi connectivity index (χ4n) is 3.74. The van der Waals surface area contributed by atoms with Gasteiger partial charge in [-0.25, -0.2) is 0 Å². The van der Waals surface area contributed by atoms with E-state index in [9.17, 15) is 22.8 Å². The SMILES string of the molecule is Cc1ccc2c(c1)C(NC(=O)C1CCC(C(F)(F)F)NC1=O)C(C)C2. The summed E-state index contributed by atoms with van der Waals surface area (Å²) in [6.45, 7) is 3.98. The molecule has 1 heterocycles. The summed E-state index contributed by atoms with van der Waals surface area (Å²) < 4.78 is 38.1. The summed E-state index contributed by atoms with van der Waals surface area (Å²) in [6.07, 6.45) is -4.02. The second-order valence-electron chi connectivity index (χ2n) is 7.10. The van der Waals surface area contributed by atoms with Crippen LogP contribution in [0.5, 0.6) is 0 Å². The summed E-state index contributed by atoms with van der Waals surface area (Å²) in [5.74, 6) is -2.24. The lowest BCUT2D eigenvalue weighted by Gasteiger charge is -2.31. The largest absolute Gasteiger partial charge is 0.408 e. The molecule has 1 aliphatic carbocycles. The van der Waals surface area contributed by atoms with Gasteiger partial charge >= 0.3 is 6.18 Å². The van der Waals surface area contributed by atoms with Crippen LogP contribution >= 0.6 is 0 Å². The number of hydrogen-bond donors (Lipinski definition) is 2. The van der Waals surface area contributed by atoms with Gasteiger partial charge in [0.15, 0.2) is 0 Å². The molecule has 0 saturated carbocycles. The molecule has 4 nitrogen and oxygen atoms in total. The van der Waals surface area contributed by atoms with Crippen molar-refractivity contribution in [3.63, 3.8) is 0 Å². The predicted molar refractivity (Wildman–Crippen MR) is 85.6 cm³/mol. The van der Waals surface area contributed by atoms with Crippen LogP contribution in [0.2, 0.25) is 0 Å². The Bertz CT molecular complexity index is 702. The summed E-state index contributed by atoms with van der Waals surface area (Å²) >= 11 is 0. The number of carbonyl (C=O) groups is 2. The molecule has 1 aromatic rings. The van der Waals surface area contributed by atoms with E-state index in [1.165, 1.54) is 0 Å². The highest BCUT2D eigenvalue weighted by Crippen LogP contribution is 2.37. The van der Waals surface area contributed by atoms with Crippen molar-refractivity contribution in [3.8, 4) is 0 Å². The molecule has 0 aromatic heterocycles. The zero-order chi connectivity index (χ0) is 18.4. The van der Waals surface area contributed by atoms with E-state index in [4.69, 9.17) is 0 Å². The molecular formula is C18H21F3N2O2. The van der Waals surface area contributed by atoms with Crippen LogP contribution in [0.25, 0.3) is 0 Å². The number of rotatable bonds is 2. The Hall–Kier alpha value is -2.05. The Kier molecular flexibility index (Phi) is 4.51. The molecule has 4 unspecified atom stereocenters. The van der Waals surface area contributed by atoms with Crippen molar-refractivity contribution in [2.75, 3.05) is 0 Å². The Morgan fingerprint density at radius 3 is 2.64 bits per heavy atom. The van der Waals surface area contributed by atoms with Crippen LogP contribution in [-0.4, -0.2) is 24.0 Å². The van der Waals surface area contributed by atoms with Crippen LogP contribution in [0.4, 0.5) is 13.2 Å². The normalized spacial score (nSPS) is 29.1. The zero-order valence-electron chi connectivity index (χ0n) is 14.1. The molecule has 4 atom stereocenters. The third-order valence-corrected chi connectivity index (χ3v) is 5.13. The molecule has 7 heteroatoms. The zero-order valence-corrected chi connectivity index (χ0v) is 14.1. The van der Waals surface area contributed by atoms with Gasteiger partial charge in [0, 0.05) is 0 Å². The first-order chi connectivity index (χ1) is 11.7. The molecule has 1 fully saturated rings. The first-order valence-corrected chi connectivity index (χ1v) is 8.43. The third-order valence-electron chi connectivity index (χ3n) is 5.13. The fourth-order valence-corrected chi connectivity index (χ4v) is 3.74. The third kappa shape index (κ3) is 3.50. The summed E-state index contributed by atoms with van der Waals surface area (Å²) in [5, 5.41) is 4.81. The summed E-state index contributed by atoms with van der Waals surface area (Å²) in [4.78, 5) is 24.5. The van der Waals surface area contributed by atoms with E-state index in [0.29, 0.717) is 0 Å². The van der Waals surface area contributed by atoms with Crippen molar-refractivity contribution >= 4 is 11.8 Å². The maximum atomic E-state index is 12.7. The maximum absolute atomic E-state index is 12.7. The number of hydrogen-bond acceptors (Lipinski definition) is 2. The molecule has 0 bridgehead atoms. The Morgan fingerprint density at radius 2 is 2.00 bits per heavy atom. The van der Waals surface area contributed by atoms with Crippen LogP contribution < -0.4 is 10.6 Å². The van der Waals surface area contributed by atoms with E-state index < -0.39 is 30.0 Å². The number of benzene rings is 1. The monoisotopic (exact) mass is 354 g/mol. The molecule has 0 spiro atoms. The molecule has 1 aliphatic heterocycles. The van der Waals surface area contributed by atoms with Crippen molar-refractivity contribution in [1.82, 2.24) is 10.6 Å². The highest BCUT2D eigenvalue weighted by atomic mass is 19.4. The van der Waals surface area contributed by atoms with Gasteiger partial charge in [0.2, 0.25) is 11.8 Å². The van der Waals surface area contributed by atoms with Crippen LogP contribution in [0.15, 0.2) is 18.2 Å². The van der Waals surface area contributed by atoms with Crippen molar-refractivity contribution in [2.45, 2.75) is 51.4 Å². The van der Waals surface area contributed by atoms with E-state index >= 15 is 0 Å². The average molecular weight is 354 g/mol. The Labute approximate surface area is 144 Å². The lowest BCUT2D eigenvalue weighted by Crippen LogP contribution is -2.54. The number of alkyl halides is 3. The Balaban J connectivity index is 1.70. The minimum atomic E-state index is -4.48. The minimum absolute atomic E-state index is 0.0936. The summed E-state index contributed by atoms with van der Waals surface area (Å²) in [6, 6.07) is 3.99. The average Bonchev–Trinajstić information content (AvgIpc) is 2.82. The van der Waals surface area contributed by atoms with Gasteiger partial charge in [-0.1, -0.05) is 30.7 Å². The second kappa shape index (κ2) is 6.35. The second-order valence-corrected chi connectivity index (χ2v) is 7.10. The van der Waals surface area contributed by atoms with Gasteiger partial charge in [0.25, 0.3) is 0 Å². The number of aryl methyl sites for hydroxylation is 1. The molecule has 136 valence electrons. The van der Waals surface area contributed by atoms with E-state index in [0.717, 1.165) is 23.1 Å². The first-order valence-electron chi connectivity index (χ1n) is 8.43. The number of nitrogens with one attached hydrogen (secondary N) is 2. The van der Waals surface area contributed by atoms with Crippen LogP contribution in [0.1, 0.15) is 42.5 Å². The molecule has 1 aromatic carbocycles. The number of halogens is 3. The van der Waals surface area contributed by atoms with E-state index in [1.54, 1.807) is 0 Å². The van der Waals surface area contributed by atoms with Crippen LogP contribution in [-0.2, 0) is 16.0 Å². The number of piperidine rings is 1. The smallest absolute Gasteiger partial charge is 0.348 e. The van der Waals surface area contributed by atoms with Gasteiger partial charge in [-0.05, 0) is 43.2 Å².